The lowest BCUT2D eigenvalue weighted by Gasteiger charge is -2.29. The van der Waals surface area contributed by atoms with Crippen LogP contribution in [0, 0.1) is 17.5 Å². The van der Waals surface area contributed by atoms with Gasteiger partial charge in [0.1, 0.15) is 11.6 Å². The van der Waals surface area contributed by atoms with Gasteiger partial charge >= 0.3 is 6.09 Å². The van der Waals surface area contributed by atoms with E-state index >= 15 is 0 Å². The highest BCUT2D eigenvalue weighted by Gasteiger charge is 2.25. The number of nitrogens with one attached hydrogen (secondary N) is 3. The van der Waals surface area contributed by atoms with Crippen LogP contribution in [0.1, 0.15) is 36.0 Å². The van der Waals surface area contributed by atoms with Gasteiger partial charge in [-0.15, -0.1) is 0 Å². The maximum absolute atomic E-state index is 13.7. The molecular weight excluding hydrogens is 389 g/mol. The first-order valence-electron chi connectivity index (χ1n) is 9.00. The Morgan fingerprint density at radius 2 is 1.62 bits per heavy atom. The number of anilines is 2. The molecular formula is C19H19F3N4O3. The van der Waals surface area contributed by atoms with Gasteiger partial charge in [-0.25, -0.2) is 22.9 Å². The molecule has 0 atom stereocenters. The van der Waals surface area contributed by atoms with Crippen LogP contribution in [-0.4, -0.2) is 34.2 Å². The quantitative estimate of drug-likeness (QED) is 0.606. The fourth-order valence-electron chi connectivity index (χ4n) is 3.24. The van der Waals surface area contributed by atoms with Gasteiger partial charge in [0.25, 0.3) is 5.91 Å². The van der Waals surface area contributed by atoms with Gasteiger partial charge in [0, 0.05) is 23.8 Å². The zero-order valence-electron chi connectivity index (χ0n) is 15.2. The average molecular weight is 408 g/mol. The van der Waals surface area contributed by atoms with E-state index < -0.39 is 29.5 Å². The van der Waals surface area contributed by atoms with Crippen LogP contribution in [0.2, 0.25) is 0 Å². The molecule has 4 N–H and O–H groups in total. The first kappa shape index (κ1) is 20.4. The number of carbonyl (C=O) groups is 2. The van der Waals surface area contributed by atoms with E-state index in [2.05, 4.69) is 20.9 Å². The minimum atomic E-state index is -1.09. The number of halogens is 3. The summed E-state index contributed by atoms with van der Waals surface area (Å²) in [7, 11) is 0. The normalized spacial score (nSPS) is 18.7. The predicted octanol–water partition coefficient (Wildman–Crippen LogP) is 3.55. The lowest BCUT2D eigenvalue weighted by molar-refractivity contribution is 0.0923. The van der Waals surface area contributed by atoms with Crippen LogP contribution in [0.4, 0.5) is 29.5 Å². The lowest BCUT2D eigenvalue weighted by atomic mass is 9.91. The van der Waals surface area contributed by atoms with Crippen LogP contribution >= 0.6 is 0 Å². The highest BCUT2D eigenvalue weighted by atomic mass is 19.2. The fraction of sp³-hybridized carbons (Fsp3) is 0.316. The second kappa shape index (κ2) is 8.80. The van der Waals surface area contributed by atoms with E-state index in [1.165, 1.54) is 6.07 Å². The van der Waals surface area contributed by atoms with Gasteiger partial charge in [-0.1, -0.05) is 0 Å². The molecule has 0 radical (unpaired) electrons. The highest BCUT2D eigenvalue weighted by Crippen LogP contribution is 2.23. The number of nitrogens with zero attached hydrogens (tertiary/aromatic N) is 1. The number of hydrogen-bond donors (Lipinski definition) is 4. The molecule has 0 saturated heterocycles. The second-order valence-electron chi connectivity index (χ2n) is 6.78. The van der Waals surface area contributed by atoms with E-state index in [1.807, 2.05) is 0 Å². The summed E-state index contributed by atoms with van der Waals surface area (Å²) >= 11 is 0. The van der Waals surface area contributed by atoms with Crippen LogP contribution in [-0.2, 0) is 0 Å². The highest BCUT2D eigenvalue weighted by molar-refractivity contribution is 5.99. The van der Waals surface area contributed by atoms with Crippen molar-refractivity contribution < 1.29 is 27.9 Å². The van der Waals surface area contributed by atoms with E-state index in [0.29, 0.717) is 25.7 Å². The number of benzene rings is 1. The zero-order chi connectivity index (χ0) is 21.0. The van der Waals surface area contributed by atoms with Crippen molar-refractivity contribution in [2.24, 2.45) is 0 Å². The summed E-state index contributed by atoms with van der Waals surface area (Å²) in [5.41, 5.74) is 0.0674. The van der Waals surface area contributed by atoms with Crippen molar-refractivity contribution in [1.82, 2.24) is 15.6 Å². The van der Waals surface area contributed by atoms with Crippen molar-refractivity contribution in [2.75, 3.05) is 5.32 Å². The van der Waals surface area contributed by atoms with Crippen LogP contribution in [0.5, 0.6) is 0 Å². The molecule has 0 unspecified atom stereocenters. The van der Waals surface area contributed by atoms with Crippen molar-refractivity contribution >= 4 is 23.5 Å². The summed E-state index contributed by atoms with van der Waals surface area (Å²) in [6.45, 7) is 0. The van der Waals surface area contributed by atoms with Crippen LogP contribution in [0.3, 0.4) is 0 Å². The molecule has 1 fully saturated rings. The number of rotatable bonds is 5. The molecule has 1 heterocycles. The molecule has 2 amide bonds. The van der Waals surface area contributed by atoms with Gasteiger partial charge in [-0.2, -0.15) is 0 Å². The van der Waals surface area contributed by atoms with E-state index in [-0.39, 0.29) is 29.2 Å². The summed E-state index contributed by atoms with van der Waals surface area (Å²) < 4.78 is 40.2. The Hall–Kier alpha value is -3.30. The van der Waals surface area contributed by atoms with Crippen molar-refractivity contribution in [3.05, 3.63) is 53.5 Å². The largest absolute Gasteiger partial charge is 0.465 e. The monoisotopic (exact) mass is 408 g/mol. The molecule has 0 bridgehead atoms. The molecule has 29 heavy (non-hydrogen) atoms. The minimum absolute atomic E-state index is 0.00358. The van der Waals surface area contributed by atoms with Gasteiger partial charge in [0.05, 0.1) is 11.8 Å². The predicted molar refractivity (Wildman–Crippen MR) is 98.5 cm³/mol. The van der Waals surface area contributed by atoms with Crippen LogP contribution < -0.4 is 16.0 Å². The summed E-state index contributed by atoms with van der Waals surface area (Å²) in [6, 6.07) is 3.73. The second-order valence-corrected chi connectivity index (χ2v) is 6.78. The Morgan fingerprint density at radius 3 is 2.24 bits per heavy atom. The molecule has 1 aliphatic rings. The van der Waals surface area contributed by atoms with Gasteiger partial charge < -0.3 is 21.1 Å². The number of pyridine rings is 1. The maximum Gasteiger partial charge on any atom is 0.404 e. The van der Waals surface area contributed by atoms with Crippen molar-refractivity contribution in [1.29, 1.82) is 0 Å². The van der Waals surface area contributed by atoms with Crippen molar-refractivity contribution in [3.63, 3.8) is 0 Å². The van der Waals surface area contributed by atoms with Gasteiger partial charge in [0.2, 0.25) is 0 Å². The molecule has 1 aromatic carbocycles. The molecule has 7 nitrogen and oxygen atoms in total. The lowest BCUT2D eigenvalue weighted by Crippen LogP contribution is -2.43. The maximum atomic E-state index is 13.7. The molecule has 154 valence electrons. The van der Waals surface area contributed by atoms with Gasteiger partial charge in [-0.05, 0) is 43.9 Å². The third-order valence-corrected chi connectivity index (χ3v) is 4.67. The molecule has 1 saturated carbocycles. The summed E-state index contributed by atoms with van der Waals surface area (Å²) in [4.78, 5) is 27.2. The Balaban J connectivity index is 1.69. The van der Waals surface area contributed by atoms with Gasteiger partial charge in [0.15, 0.2) is 11.6 Å². The Kier molecular flexibility index (Phi) is 6.20. The first-order chi connectivity index (χ1) is 13.8. The molecule has 1 aliphatic carbocycles. The molecule has 2 aromatic rings. The minimum Gasteiger partial charge on any atom is -0.465 e. The molecule has 10 heteroatoms. The number of carbonyl (C=O) groups excluding carboxylic acids is 1. The van der Waals surface area contributed by atoms with E-state index in [1.54, 1.807) is 0 Å². The topological polar surface area (TPSA) is 103 Å². The summed E-state index contributed by atoms with van der Waals surface area (Å²) in [5.74, 6) is -3.39. The Morgan fingerprint density at radius 1 is 0.966 bits per heavy atom. The van der Waals surface area contributed by atoms with Crippen LogP contribution in [0.15, 0.2) is 30.5 Å². The molecule has 3 rings (SSSR count). The SMILES string of the molecule is O=C(O)N[C@H]1CC[C@@H](NC(=O)c2cc(F)cnc2Nc2ccc(F)c(F)c2)CC1. The number of hydrogen-bond acceptors (Lipinski definition) is 4. The number of carboxylic acid groups (broad SMARTS) is 1. The Labute approximate surface area is 164 Å². The van der Waals surface area contributed by atoms with E-state index in [9.17, 15) is 22.8 Å². The molecule has 1 aromatic heterocycles. The van der Waals surface area contributed by atoms with Gasteiger partial charge in [-0.3, -0.25) is 4.79 Å². The standard InChI is InChI=1S/C19H19F3N4O3/c20-10-7-14(17(23-9-10)24-13-5-6-15(21)16(22)8-13)18(27)25-11-1-3-12(4-2-11)26-19(28)29/h5-9,11-12,26H,1-4H2,(H,23,24)(H,25,27)(H,28,29)/t11-,12+. The number of amides is 2. The van der Waals surface area contributed by atoms with E-state index in [4.69, 9.17) is 5.11 Å². The number of aromatic nitrogens is 1. The Bertz CT molecular complexity index is 918. The molecule has 0 spiro atoms. The van der Waals surface area contributed by atoms with Crippen LogP contribution in [0.25, 0.3) is 0 Å². The average Bonchev–Trinajstić information content (AvgIpc) is 2.67. The fourth-order valence-corrected chi connectivity index (χ4v) is 3.24. The molecule has 0 aliphatic heterocycles. The third kappa shape index (κ3) is 5.37. The summed E-state index contributed by atoms with van der Waals surface area (Å²) in [6.07, 6.45) is 2.08. The smallest absolute Gasteiger partial charge is 0.404 e. The van der Waals surface area contributed by atoms with E-state index in [0.717, 1.165) is 24.4 Å². The first-order valence-corrected chi connectivity index (χ1v) is 9.00. The zero-order valence-corrected chi connectivity index (χ0v) is 15.2. The summed E-state index contributed by atoms with van der Waals surface area (Å²) in [5, 5.41) is 16.7. The van der Waals surface area contributed by atoms with Crippen molar-refractivity contribution in [2.45, 2.75) is 37.8 Å². The van der Waals surface area contributed by atoms with Crippen molar-refractivity contribution in [3.8, 4) is 0 Å². The third-order valence-electron chi connectivity index (χ3n) is 4.67.